The van der Waals surface area contributed by atoms with Crippen molar-refractivity contribution in [2.45, 2.75) is 13.8 Å². The third-order valence-corrected chi connectivity index (χ3v) is 3.13. The van der Waals surface area contributed by atoms with Crippen molar-refractivity contribution in [3.63, 3.8) is 0 Å². The highest BCUT2D eigenvalue weighted by Crippen LogP contribution is 2.28. The van der Waals surface area contributed by atoms with Crippen molar-refractivity contribution in [1.29, 1.82) is 0 Å². The number of benzene rings is 2. The number of hydrogen-bond donors (Lipinski definition) is 1. The lowest BCUT2D eigenvalue weighted by atomic mass is 10.2. The topological polar surface area (TPSA) is 69.2 Å². The van der Waals surface area contributed by atoms with Gasteiger partial charge in [0.15, 0.2) is 11.5 Å². The Bertz CT molecular complexity index is 748. The van der Waals surface area contributed by atoms with Crippen molar-refractivity contribution in [2.24, 2.45) is 5.10 Å². The van der Waals surface area contributed by atoms with Crippen molar-refractivity contribution >= 4 is 12.1 Å². The molecule has 1 N–H and O–H groups in total. The number of ether oxygens (including phenoxy) is 3. The predicted molar refractivity (Wildman–Crippen MR) is 96.4 cm³/mol. The molecule has 0 saturated carbocycles. The number of amides is 1. The van der Waals surface area contributed by atoms with Crippen molar-refractivity contribution in [2.75, 3.05) is 19.8 Å². The van der Waals surface area contributed by atoms with Crippen LogP contribution in [0.5, 0.6) is 17.2 Å². The van der Waals surface area contributed by atoms with Gasteiger partial charge < -0.3 is 14.2 Å². The van der Waals surface area contributed by atoms with Gasteiger partial charge in [0, 0.05) is 6.92 Å². The highest BCUT2D eigenvalue weighted by molar-refractivity contribution is 5.82. The molecule has 0 atom stereocenters. The minimum absolute atomic E-state index is 0.243. The lowest BCUT2D eigenvalue weighted by molar-refractivity contribution is -0.118. The van der Waals surface area contributed by atoms with Gasteiger partial charge in [-0.3, -0.25) is 4.79 Å². The molecule has 0 aromatic heterocycles. The van der Waals surface area contributed by atoms with Gasteiger partial charge in [-0.2, -0.15) is 5.10 Å². The van der Waals surface area contributed by atoms with E-state index in [9.17, 15) is 9.18 Å². The average Bonchev–Trinajstić information content (AvgIpc) is 2.61. The van der Waals surface area contributed by atoms with Crippen molar-refractivity contribution in [1.82, 2.24) is 5.43 Å². The molecule has 0 bridgehead atoms. The van der Waals surface area contributed by atoms with E-state index in [1.165, 1.54) is 25.3 Å². The summed E-state index contributed by atoms with van der Waals surface area (Å²) in [4.78, 5) is 10.8. The van der Waals surface area contributed by atoms with E-state index in [0.717, 1.165) is 5.56 Å². The van der Waals surface area contributed by atoms with Crippen molar-refractivity contribution in [3.05, 3.63) is 53.8 Å². The van der Waals surface area contributed by atoms with Gasteiger partial charge in [-0.05, 0) is 55.0 Å². The van der Waals surface area contributed by atoms with Crippen LogP contribution in [0.25, 0.3) is 0 Å². The van der Waals surface area contributed by atoms with E-state index >= 15 is 0 Å². The lowest BCUT2D eigenvalue weighted by Crippen LogP contribution is -2.12. The van der Waals surface area contributed by atoms with Crippen LogP contribution in [0.3, 0.4) is 0 Å². The molecule has 0 radical (unpaired) electrons. The second-order valence-corrected chi connectivity index (χ2v) is 5.22. The summed E-state index contributed by atoms with van der Waals surface area (Å²) in [5.41, 5.74) is 3.10. The Morgan fingerprint density at radius 2 is 1.81 bits per heavy atom. The Morgan fingerprint density at radius 1 is 1.08 bits per heavy atom. The minimum Gasteiger partial charge on any atom is -0.490 e. The van der Waals surface area contributed by atoms with E-state index in [1.54, 1.807) is 30.3 Å². The standard InChI is InChI=1S/C19H21FN2O4/c1-3-24-19-12-15(13-21-22-14(2)23)4-9-18(19)26-11-10-25-17-7-5-16(20)6-8-17/h4-9,12-13H,3,10-11H2,1-2H3,(H,22,23)/b21-13-. The molecule has 0 fully saturated rings. The third kappa shape index (κ3) is 6.43. The largest absolute Gasteiger partial charge is 0.490 e. The van der Waals surface area contributed by atoms with Gasteiger partial charge in [0.1, 0.15) is 24.8 Å². The quantitative estimate of drug-likeness (QED) is 0.424. The summed E-state index contributed by atoms with van der Waals surface area (Å²) in [5, 5.41) is 3.82. The Morgan fingerprint density at radius 3 is 2.50 bits per heavy atom. The molecule has 1 amide bonds. The first-order chi connectivity index (χ1) is 12.6. The van der Waals surface area contributed by atoms with Crippen LogP contribution in [0.2, 0.25) is 0 Å². The van der Waals surface area contributed by atoms with Gasteiger partial charge in [0.2, 0.25) is 5.91 Å². The number of hydrazone groups is 1. The summed E-state index contributed by atoms with van der Waals surface area (Å²) in [6.07, 6.45) is 1.52. The molecule has 0 unspecified atom stereocenters. The highest BCUT2D eigenvalue weighted by Gasteiger charge is 2.06. The fourth-order valence-electron chi connectivity index (χ4n) is 2.03. The molecule has 0 aliphatic heterocycles. The van der Waals surface area contributed by atoms with Gasteiger partial charge in [-0.1, -0.05) is 0 Å². The summed E-state index contributed by atoms with van der Waals surface area (Å²) in [5.74, 6) is 1.17. The number of carbonyl (C=O) groups excluding carboxylic acids is 1. The van der Waals surface area contributed by atoms with E-state index in [2.05, 4.69) is 10.5 Å². The third-order valence-electron chi connectivity index (χ3n) is 3.13. The fraction of sp³-hybridized carbons (Fsp3) is 0.263. The molecular formula is C19H21FN2O4. The first-order valence-corrected chi connectivity index (χ1v) is 8.16. The Labute approximate surface area is 151 Å². The Balaban J connectivity index is 1.91. The van der Waals surface area contributed by atoms with Gasteiger partial charge >= 0.3 is 0 Å². The number of nitrogens with one attached hydrogen (secondary N) is 1. The van der Waals surface area contributed by atoms with Gasteiger partial charge in [-0.25, -0.2) is 9.82 Å². The summed E-state index contributed by atoms with van der Waals surface area (Å²) < 4.78 is 29.6. The second kappa shape index (κ2) is 10.0. The van der Waals surface area contributed by atoms with Gasteiger partial charge in [0.25, 0.3) is 0 Å². The van der Waals surface area contributed by atoms with Crippen molar-refractivity contribution in [3.8, 4) is 17.2 Å². The minimum atomic E-state index is -0.308. The van der Waals surface area contributed by atoms with Crippen LogP contribution in [-0.2, 0) is 4.79 Å². The first-order valence-electron chi connectivity index (χ1n) is 8.16. The number of hydrogen-bond acceptors (Lipinski definition) is 5. The van der Waals surface area contributed by atoms with Crippen LogP contribution in [-0.4, -0.2) is 31.9 Å². The highest BCUT2D eigenvalue weighted by atomic mass is 19.1. The lowest BCUT2D eigenvalue weighted by Gasteiger charge is -2.13. The Hall–Kier alpha value is -3.09. The van der Waals surface area contributed by atoms with E-state index in [1.807, 2.05) is 6.92 Å². The van der Waals surface area contributed by atoms with Crippen LogP contribution in [0, 0.1) is 5.82 Å². The van der Waals surface area contributed by atoms with Crippen LogP contribution in [0.1, 0.15) is 19.4 Å². The molecule has 138 valence electrons. The molecule has 0 heterocycles. The summed E-state index contributed by atoms with van der Waals surface area (Å²) in [6.45, 7) is 4.35. The number of halogens is 1. The van der Waals surface area contributed by atoms with E-state index < -0.39 is 0 Å². The first kappa shape index (κ1) is 19.2. The smallest absolute Gasteiger partial charge is 0.236 e. The zero-order chi connectivity index (χ0) is 18.8. The molecular weight excluding hydrogens is 339 g/mol. The normalized spacial score (nSPS) is 10.6. The van der Waals surface area contributed by atoms with Crippen LogP contribution >= 0.6 is 0 Å². The molecule has 26 heavy (non-hydrogen) atoms. The molecule has 2 aromatic rings. The van der Waals surface area contributed by atoms with Crippen LogP contribution in [0.4, 0.5) is 4.39 Å². The fourth-order valence-corrected chi connectivity index (χ4v) is 2.03. The SMILES string of the molecule is CCOc1cc(/C=N\NC(C)=O)ccc1OCCOc1ccc(F)cc1. The molecule has 0 aliphatic rings. The van der Waals surface area contributed by atoms with Crippen molar-refractivity contribution < 1.29 is 23.4 Å². The van der Waals surface area contributed by atoms with Gasteiger partial charge in [0.05, 0.1) is 12.8 Å². The molecule has 2 aromatic carbocycles. The maximum absolute atomic E-state index is 12.8. The van der Waals surface area contributed by atoms with E-state index in [0.29, 0.717) is 37.1 Å². The summed E-state index contributed by atoms with van der Waals surface area (Å²) in [6, 6.07) is 11.1. The number of rotatable bonds is 9. The monoisotopic (exact) mass is 360 g/mol. The molecule has 2 rings (SSSR count). The molecule has 0 aliphatic carbocycles. The second-order valence-electron chi connectivity index (χ2n) is 5.22. The summed E-state index contributed by atoms with van der Waals surface area (Å²) >= 11 is 0. The van der Waals surface area contributed by atoms with Gasteiger partial charge in [-0.15, -0.1) is 0 Å². The molecule has 0 spiro atoms. The van der Waals surface area contributed by atoms with Crippen LogP contribution in [0.15, 0.2) is 47.6 Å². The number of carbonyl (C=O) groups is 1. The molecule has 7 heteroatoms. The maximum atomic E-state index is 12.8. The average molecular weight is 360 g/mol. The van der Waals surface area contributed by atoms with E-state index in [-0.39, 0.29) is 11.7 Å². The predicted octanol–water partition coefficient (Wildman–Crippen LogP) is 3.15. The zero-order valence-electron chi connectivity index (χ0n) is 14.7. The zero-order valence-corrected chi connectivity index (χ0v) is 14.7. The number of nitrogens with zero attached hydrogens (tertiary/aromatic N) is 1. The maximum Gasteiger partial charge on any atom is 0.236 e. The summed E-state index contributed by atoms with van der Waals surface area (Å²) in [7, 11) is 0. The van der Waals surface area contributed by atoms with E-state index in [4.69, 9.17) is 14.2 Å². The molecule has 0 saturated heterocycles. The Kier molecular flexibility index (Phi) is 7.42. The van der Waals surface area contributed by atoms with Crippen LogP contribution < -0.4 is 19.6 Å². The molecule has 6 nitrogen and oxygen atoms in total.